The number of carbonyl (C=O) groups excluding carboxylic acids is 1. The molecular formula is C34H46N4O3. The van der Waals surface area contributed by atoms with Gasteiger partial charge in [-0.15, -0.1) is 0 Å². The number of hydrogen-bond acceptors (Lipinski definition) is 4. The quantitative estimate of drug-likeness (QED) is 0.377. The lowest BCUT2D eigenvalue weighted by atomic mass is 9.70. The van der Waals surface area contributed by atoms with Crippen LogP contribution in [0.4, 0.5) is 0 Å². The molecule has 1 amide bonds. The molecule has 0 spiro atoms. The van der Waals surface area contributed by atoms with E-state index in [4.69, 9.17) is 14.9 Å². The van der Waals surface area contributed by atoms with Gasteiger partial charge in [-0.2, -0.15) is 0 Å². The van der Waals surface area contributed by atoms with Crippen molar-refractivity contribution in [1.29, 1.82) is 0 Å². The Kier molecular flexibility index (Phi) is 8.55. The predicted molar refractivity (Wildman–Crippen MR) is 163 cm³/mol. The second kappa shape index (κ2) is 12.0. The number of imidazole rings is 1. The summed E-state index contributed by atoms with van der Waals surface area (Å²) in [4.78, 5) is 31.2. The van der Waals surface area contributed by atoms with E-state index in [0.29, 0.717) is 24.0 Å². The Morgan fingerprint density at radius 1 is 0.976 bits per heavy atom. The minimum Gasteiger partial charge on any atom is -0.483 e. The molecule has 1 aromatic heterocycles. The number of piperidine rings is 2. The molecular weight excluding hydrogens is 512 g/mol. The Morgan fingerprint density at radius 3 is 2.17 bits per heavy atom. The van der Waals surface area contributed by atoms with Crippen LogP contribution in [-0.4, -0.2) is 68.6 Å². The van der Waals surface area contributed by atoms with Crippen molar-refractivity contribution in [1.82, 2.24) is 19.4 Å². The van der Waals surface area contributed by atoms with E-state index >= 15 is 0 Å². The molecule has 3 aromatic rings. The molecule has 3 atom stereocenters. The largest absolute Gasteiger partial charge is 0.483 e. The van der Waals surface area contributed by atoms with Crippen molar-refractivity contribution >= 4 is 23.4 Å². The van der Waals surface area contributed by atoms with E-state index < -0.39 is 0 Å². The van der Waals surface area contributed by atoms with E-state index in [2.05, 4.69) is 75.9 Å². The minimum atomic E-state index is -0.310. The van der Waals surface area contributed by atoms with Crippen LogP contribution in [-0.2, 0) is 15.0 Å². The summed E-state index contributed by atoms with van der Waals surface area (Å²) < 4.78 is 2.53. The monoisotopic (exact) mass is 558 g/mol. The van der Waals surface area contributed by atoms with Gasteiger partial charge in [0.25, 0.3) is 6.47 Å². The second-order valence-electron chi connectivity index (χ2n) is 13.3. The fourth-order valence-electron chi connectivity index (χ4n) is 7.88. The predicted octanol–water partition coefficient (Wildman–Crippen LogP) is 6.21. The van der Waals surface area contributed by atoms with Gasteiger partial charge >= 0.3 is 0 Å². The van der Waals surface area contributed by atoms with Gasteiger partial charge in [0, 0.05) is 36.6 Å². The van der Waals surface area contributed by atoms with Crippen LogP contribution in [0.15, 0.2) is 54.6 Å². The summed E-state index contributed by atoms with van der Waals surface area (Å²) in [6.07, 6.45) is 8.39. The highest BCUT2D eigenvalue weighted by molar-refractivity contribution is 5.81. The van der Waals surface area contributed by atoms with E-state index in [1.807, 2.05) is 20.8 Å². The highest BCUT2D eigenvalue weighted by atomic mass is 16.3. The first kappa shape index (κ1) is 29.3. The van der Waals surface area contributed by atoms with E-state index in [-0.39, 0.29) is 17.3 Å². The van der Waals surface area contributed by atoms with Crippen LogP contribution in [0.5, 0.6) is 0 Å². The number of fused-ring (bicyclic) bond motifs is 3. The number of aryl methyl sites for hydroxylation is 1. The zero-order valence-electron chi connectivity index (χ0n) is 25.1. The summed E-state index contributed by atoms with van der Waals surface area (Å²) in [5.74, 6) is 1.45. The van der Waals surface area contributed by atoms with Gasteiger partial charge in [-0.25, -0.2) is 4.98 Å². The molecule has 3 saturated heterocycles. The SMILES string of the molecule is Cc1nc2ccccc2n1C1C[C@H]2CC[C@@H](C1)N2CCC1(c2ccccc2)CCN(C(=O)C(C)(C)C)CC1.O=CO. The smallest absolute Gasteiger partial charge is 0.290 e. The Hall–Kier alpha value is -3.19. The van der Waals surface area contributed by atoms with Crippen molar-refractivity contribution in [3.8, 4) is 0 Å². The normalized spacial score (nSPS) is 24.1. The molecule has 2 aromatic carbocycles. The number of amides is 1. The van der Waals surface area contributed by atoms with E-state index in [1.54, 1.807) is 0 Å². The molecule has 7 nitrogen and oxygen atoms in total. The molecule has 1 N–H and O–H groups in total. The van der Waals surface area contributed by atoms with Crippen molar-refractivity contribution in [3.05, 3.63) is 66.0 Å². The van der Waals surface area contributed by atoms with Crippen molar-refractivity contribution in [2.75, 3.05) is 19.6 Å². The summed E-state index contributed by atoms with van der Waals surface area (Å²) in [5.41, 5.74) is 3.73. The number of carbonyl (C=O) groups is 2. The highest BCUT2D eigenvalue weighted by Gasteiger charge is 2.44. The summed E-state index contributed by atoms with van der Waals surface area (Å²) >= 11 is 0. The lowest BCUT2D eigenvalue weighted by Gasteiger charge is -2.46. The molecule has 0 aliphatic carbocycles. The molecule has 3 aliphatic rings. The molecule has 0 radical (unpaired) electrons. The van der Waals surface area contributed by atoms with Gasteiger partial charge in [0.05, 0.1) is 11.0 Å². The average Bonchev–Trinajstić information content (AvgIpc) is 3.42. The maximum atomic E-state index is 13.0. The first-order valence-corrected chi connectivity index (χ1v) is 15.3. The number of carboxylic acid groups (broad SMARTS) is 1. The first-order chi connectivity index (χ1) is 19.7. The molecule has 3 aliphatic heterocycles. The topological polar surface area (TPSA) is 78.7 Å². The molecule has 6 rings (SSSR count). The molecule has 220 valence electrons. The van der Waals surface area contributed by atoms with Crippen LogP contribution < -0.4 is 0 Å². The summed E-state index contributed by atoms with van der Waals surface area (Å²) in [7, 11) is 0. The van der Waals surface area contributed by atoms with Gasteiger partial charge in [-0.3, -0.25) is 14.5 Å². The van der Waals surface area contributed by atoms with Crippen LogP contribution in [0, 0.1) is 12.3 Å². The standard InChI is InChI=1S/C33H44N4O.CH2O2/c1-24-34-29-12-8-9-13-30(29)37(24)28-22-26-14-15-27(23-28)36(26)21-18-33(25-10-6-5-7-11-25)16-19-35(20-17-33)31(38)32(2,3)4;2-1-3/h5-13,26-28H,14-23H2,1-4H3;1H,(H,2,3)/t26-,27+,28?;. The van der Waals surface area contributed by atoms with E-state index in [1.165, 1.54) is 43.2 Å². The number of aromatic nitrogens is 2. The van der Waals surface area contributed by atoms with Gasteiger partial charge in [-0.05, 0) is 81.5 Å². The molecule has 41 heavy (non-hydrogen) atoms. The molecule has 1 unspecified atom stereocenters. The van der Waals surface area contributed by atoms with Gasteiger partial charge in [0.15, 0.2) is 0 Å². The van der Waals surface area contributed by atoms with Crippen LogP contribution in [0.25, 0.3) is 11.0 Å². The average molecular weight is 559 g/mol. The van der Waals surface area contributed by atoms with Crippen molar-refractivity contribution in [2.24, 2.45) is 5.41 Å². The Labute approximate surface area is 244 Å². The fraction of sp³-hybridized carbons (Fsp3) is 0.559. The Morgan fingerprint density at radius 2 is 1.56 bits per heavy atom. The fourth-order valence-corrected chi connectivity index (χ4v) is 7.88. The number of benzene rings is 2. The molecule has 4 heterocycles. The summed E-state index contributed by atoms with van der Waals surface area (Å²) in [6, 6.07) is 21.7. The van der Waals surface area contributed by atoms with Crippen molar-refractivity contribution in [3.63, 3.8) is 0 Å². The van der Waals surface area contributed by atoms with Crippen LogP contribution in [0.1, 0.15) is 83.1 Å². The third-order valence-corrected chi connectivity index (χ3v) is 9.88. The lowest BCUT2D eigenvalue weighted by molar-refractivity contribution is -0.141. The third-order valence-electron chi connectivity index (χ3n) is 9.88. The van der Waals surface area contributed by atoms with E-state index in [0.717, 1.165) is 43.8 Å². The number of hydrogen-bond donors (Lipinski definition) is 1. The Bertz CT molecular complexity index is 1320. The minimum absolute atomic E-state index is 0.156. The molecule has 7 heteroatoms. The molecule has 3 fully saturated rings. The zero-order chi connectivity index (χ0) is 29.2. The van der Waals surface area contributed by atoms with Gasteiger partial charge in [0.1, 0.15) is 5.82 Å². The van der Waals surface area contributed by atoms with E-state index in [9.17, 15) is 4.79 Å². The number of rotatable bonds is 5. The number of para-hydroxylation sites is 2. The maximum Gasteiger partial charge on any atom is 0.290 e. The maximum absolute atomic E-state index is 13.0. The summed E-state index contributed by atoms with van der Waals surface area (Å²) in [5, 5.41) is 6.89. The van der Waals surface area contributed by atoms with Crippen molar-refractivity contribution in [2.45, 2.75) is 96.2 Å². The zero-order valence-corrected chi connectivity index (χ0v) is 25.1. The van der Waals surface area contributed by atoms with Crippen LogP contribution in [0.2, 0.25) is 0 Å². The van der Waals surface area contributed by atoms with Crippen LogP contribution in [0.3, 0.4) is 0 Å². The number of nitrogens with zero attached hydrogens (tertiary/aromatic N) is 4. The molecule has 0 saturated carbocycles. The lowest BCUT2D eigenvalue weighted by Crippen LogP contribution is -2.50. The molecule has 2 bridgehead atoms. The number of likely N-dealkylation sites (tertiary alicyclic amines) is 1. The first-order valence-electron chi connectivity index (χ1n) is 15.3. The highest BCUT2D eigenvalue weighted by Crippen LogP contribution is 2.45. The van der Waals surface area contributed by atoms with Crippen molar-refractivity contribution < 1.29 is 14.7 Å². The van der Waals surface area contributed by atoms with Gasteiger partial charge in [-0.1, -0.05) is 63.2 Å². The van der Waals surface area contributed by atoms with Crippen LogP contribution >= 0.6 is 0 Å². The van der Waals surface area contributed by atoms with Gasteiger partial charge < -0.3 is 14.6 Å². The second-order valence-corrected chi connectivity index (χ2v) is 13.3. The third kappa shape index (κ3) is 5.92. The van der Waals surface area contributed by atoms with Gasteiger partial charge in [0.2, 0.25) is 5.91 Å². The Balaban J connectivity index is 0.00000108. The summed E-state index contributed by atoms with van der Waals surface area (Å²) in [6.45, 7) is 11.0.